The van der Waals surface area contributed by atoms with Gasteiger partial charge in [-0.25, -0.2) is 4.98 Å². The maximum Gasteiger partial charge on any atom is 0.126 e. The Hall–Kier alpha value is -2.03. The summed E-state index contributed by atoms with van der Waals surface area (Å²) >= 11 is 12.3. The number of halogens is 2. The average Bonchev–Trinajstić information content (AvgIpc) is 2.57. The molecule has 0 spiro atoms. The van der Waals surface area contributed by atoms with E-state index in [2.05, 4.69) is 0 Å². The molecule has 3 rings (SSSR count). The number of pyridine rings is 1. The molecule has 0 aliphatic rings. The molecule has 0 bridgehead atoms. The quantitative estimate of drug-likeness (QED) is 0.536. The lowest BCUT2D eigenvalue weighted by Gasteiger charge is -2.14. The molecule has 0 saturated heterocycles. The van der Waals surface area contributed by atoms with Gasteiger partial charge in [0, 0.05) is 32.8 Å². The molecule has 24 heavy (non-hydrogen) atoms. The molecule has 0 fully saturated rings. The van der Waals surface area contributed by atoms with Gasteiger partial charge in [0.15, 0.2) is 0 Å². The first-order valence-electron chi connectivity index (χ1n) is 7.75. The van der Waals surface area contributed by atoms with Gasteiger partial charge in [0.05, 0.1) is 18.0 Å². The van der Waals surface area contributed by atoms with Gasteiger partial charge < -0.3 is 4.74 Å². The molecule has 0 atom stereocenters. The smallest absolute Gasteiger partial charge is 0.126 e. The molecule has 0 amide bonds. The highest BCUT2D eigenvalue weighted by molar-refractivity contribution is 6.31. The first-order chi connectivity index (χ1) is 11.6. The van der Waals surface area contributed by atoms with Crippen molar-refractivity contribution >= 4 is 23.2 Å². The molecule has 4 heteroatoms. The molecule has 0 saturated carbocycles. The molecular weight excluding hydrogens is 341 g/mol. The highest BCUT2D eigenvalue weighted by Crippen LogP contribution is 2.34. The molecule has 3 aromatic rings. The predicted molar refractivity (Wildman–Crippen MR) is 101 cm³/mol. The van der Waals surface area contributed by atoms with Gasteiger partial charge in [-0.15, -0.1) is 0 Å². The SMILES string of the molecule is CCOc1cc(-c2cccc(Cl)c2)nc(-c2cccc(Cl)c2)c1C. The zero-order valence-corrected chi connectivity index (χ0v) is 15.0. The lowest BCUT2D eigenvalue weighted by molar-refractivity contribution is 0.338. The van der Waals surface area contributed by atoms with E-state index in [0.717, 1.165) is 33.8 Å². The van der Waals surface area contributed by atoms with Crippen molar-refractivity contribution in [3.8, 4) is 28.3 Å². The van der Waals surface area contributed by atoms with Gasteiger partial charge in [0.2, 0.25) is 0 Å². The number of ether oxygens (including phenoxy) is 1. The van der Waals surface area contributed by atoms with Crippen molar-refractivity contribution in [1.29, 1.82) is 0 Å². The van der Waals surface area contributed by atoms with Crippen LogP contribution in [0.5, 0.6) is 5.75 Å². The maximum atomic E-state index is 6.15. The summed E-state index contributed by atoms with van der Waals surface area (Å²) in [7, 11) is 0. The van der Waals surface area contributed by atoms with Crippen molar-refractivity contribution < 1.29 is 4.74 Å². The maximum absolute atomic E-state index is 6.15. The van der Waals surface area contributed by atoms with E-state index in [1.807, 2.05) is 68.4 Å². The minimum Gasteiger partial charge on any atom is -0.493 e. The summed E-state index contributed by atoms with van der Waals surface area (Å²) in [5.74, 6) is 0.817. The molecule has 0 radical (unpaired) electrons. The number of hydrogen-bond acceptors (Lipinski definition) is 2. The van der Waals surface area contributed by atoms with Gasteiger partial charge in [0.1, 0.15) is 5.75 Å². The van der Waals surface area contributed by atoms with Crippen LogP contribution in [0.15, 0.2) is 54.6 Å². The molecule has 122 valence electrons. The molecule has 1 aromatic heterocycles. The van der Waals surface area contributed by atoms with Gasteiger partial charge in [-0.2, -0.15) is 0 Å². The lowest BCUT2D eigenvalue weighted by Crippen LogP contribution is -1.99. The Morgan fingerprint density at radius 3 is 2.17 bits per heavy atom. The fourth-order valence-electron chi connectivity index (χ4n) is 2.60. The average molecular weight is 358 g/mol. The predicted octanol–water partition coefficient (Wildman–Crippen LogP) is 6.43. The summed E-state index contributed by atoms with van der Waals surface area (Å²) in [5.41, 5.74) is 4.58. The number of hydrogen-bond donors (Lipinski definition) is 0. The molecule has 2 aromatic carbocycles. The van der Waals surface area contributed by atoms with Gasteiger partial charge >= 0.3 is 0 Å². The van der Waals surface area contributed by atoms with Gasteiger partial charge in [-0.05, 0) is 38.1 Å². The number of benzene rings is 2. The highest BCUT2D eigenvalue weighted by atomic mass is 35.5. The number of nitrogens with zero attached hydrogens (tertiary/aromatic N) is 1. The van der Waals surface area contributed by atoms with E-state index >= 15 is 0 Å². The summed E-state index contributed by atoms with van der Waals surface area (Å²) in [6.45, 7) is 4.57. The summed E-state index contributed by atoms with van der Waals surface area (Å²) < 4.78 is 5.82. The lowest BCUT2D eigenvalue weighted by atomic mass is 10.0. The van der Waals surface area contributed by atoms with E-state index in [-0.39, 0.29) is 0 Å². The van der Waals surface area contributed by atoms with E-state index in [1.54, 1.807) is 0 Å². The fourth-order valence-corrected chi connectivity index (χ4v) is 2.98. The standard InChI is InChI=1S/C20H17Cl2NO/c1-3-24-19-12-18(14-6-4-8-16(21)10-14)23-20(13(19)2)15-7-5-9-17(22)11-15/h4-12H,3H2,1-2H3. The molecular formula is C20H17Cl2NO. The first kappa shape index (κ1) is 16.8. The highest BCUT2D eigenvalue weighted by Gasteiger charge is 2.13. The number of aromatic nitrogens is 1. The van der Waals surface area contributed by atoms with Crippen LogP contribution in [-0.4, -0.2) is 11.6 Å². The zero-order valence-electron chi connectivity index (χ0n) is 13.5. The summed E-state index contributed by atoms with van der Waals surface area (Å²) in [5, 5.41) is 1.36. The molecule has 0 unspecified atom stereocenters. The normalized spacial score (nSPS) is 10.7. The third kappa shape index (κ3) is 3.55. The third-order valence-corrected chi connectivity index (χ3v) is 4.21. The van der Waals surface area contributed by atoms with Crippen LogP contribution >= 0.6 is 23.2 Å². The van der Waals surface area contributed by atoms with Crippen molar-refractivity contribution in [2.75, 3.05) is 6.61 Å². The van der Waals surface area contributed by atoms with Crippen LogP contribution in [0, 0.1) is 6.92 Å². The minimum absolute atomic E-state index is 0.592. The molecule has 0 N–H and O–H groups in total. The minimum atomic E-state index is 0.592. The van der Waals surface area contributed by atoms with Crippen LogP contribution in [0.1, 0.15) is 12.5 Å². The Labute approximate surface area is 152 Å². The monoisotopic (exact) mass is 357 g/mol. The second-order valence-electron chi connectivity index (χ2n) is 5.43. The topological polar surface area (TPSA) is 22.1 Å². The Bertz CT molecular complexity index is 877. The summed E-state index contributed by atoms with van der Waals surface area (Å²) in [6.07, 6.45) is 0. The van der Waals surface area contributed by atoms with Gasteiger partial charge in [-0.3, -0.25) is 0 Å². The Morgan fingerprint density at radius 2 is 1.54 bits per heavy atom. The van der Waals surface area contributed by atoms with Crippen LogP contribution < -0.4 is 4.74 Å². The van der Waals surface area contributed by atoms with Crippen molar-refractivity contribution in [1.82, 2.24) is 4.98 Å². The van der Waals surface area contributed by atoms with Gasteiger partial charge in [-0.1, -0.05) is 47.5 Å². The number of rotatable bonds is 4. The molecule has 2 nitrogen and oxygen atoms in total. The third-order valence-electron chi connectivity index (χ3n) is 3.74. The van der Waals surface area contributed by atoms with Crippen LogP contribution in [-0.2, 0) is 0 Å². The van der Waals surface area contributed by atoms with Crippen molar-refractivity contribution in [2.24, 2.45) is 0 Å². The van der Waals surface area contributed by atoms with Gasteiger partial charge in [0.25, 0.3) is 0 Å². The van der Waals surface area contributed by atoms with Crippen LogP contribution in [0.2, 0.25) is 10.0 Å². The first-order valence-corrected chi connectivity index (χ1v) is 8.50. The van der Waals surface area contributed by atoms with Crippen molar-refractivity contribution in [3.63, 3.8) is 0 Å². The summed E-state index contributed by atoms with van der Waals surface area (Å²) in [4.78, 5) is 4.84. The zero-order chi connectivity index (χ0) is 17.1. The molecule has 1 heterocycles. The van der Waals surface area contributed by atoms with E-state index in [0.29, 0.717) is 16.7 Å². The molecule has 0 aliphatic heterocycles. The van der Waals surface area contributed by atoms with Crippen LogP contribution in [0.3, 0.4) is 0 Å². The fraction of sp³-hybridized carbons (Fsp3) is 0.150. The largest absolute Gasteiger partial charge is 0.493 e. The van der Waals surface area contributed by atoms with E-state index in [1.165, 1.54) is 0 Å². The van der Waals surface area contributed by atoms with Crippen LogP contribution in [0.25, 0.3) is 22.5 Å². The Balaban J connectivity index is 2.21. The Morgan fingerprint density at radius 1 is 0.917 bits per heavy atom. The van der Waals surface area contributed by atoms with E-state index in [4.69, 9.17) is 32.9 Å². The van der Waals surface area contributed by atoms with Crippen molar-refractivity contribution in [2.45, 2.75) is 13.8 Å². The van der Waals surface area contributed by atoms with E-state index < -0.39 is 0 Å². The van der Waals surface area contributed by atoms with Crippen LogP contribution in [0.4, 0.5) is 0 Å². The van der Waals surface area contributed by atoms with E-state index in [9.17, 15) is 0 Å². The second-order valence-corrected chi connectivity index (χ2v) is 6.31. The summed E-state index contributed by atoms with van der Waals surface area (Å²) in [6, 6.07) is 17.3. The Kier molecular flexibility index (Phi) is 5.08. The molecule has 0 aliphatic carbocycles. The second kappa shape index (κ2) is 7.25. The van der Waals surface area contributed by atoms with Crippen molar-refractivity contribution in [3.05, 3.63) is 70.2 Å².